The summed E-state index contributed by atoms with van der Waals surface area (Å²) >= 11 is 0. The van der Waals surface area contributed by atoms with Crippen molar-refractivity contribution in [1.29, 1.82) is 0 Å². The average Bonchev–Trinajstić information content (AvgIpc) is 3.23. The van der Waals surface area contributed by atoms with Gasteiger partial charge in [-0.05, 0) is 33.0 Å². The second-order valence-corrected chi connectivity index (χ2v) is 6.36. The highest BCUT2D eigenvalue weighted by atomic mass is 16.5. The van der Waals surface area contributed by atoms with Crippen LogP contribution in [0.3, 0.4) is 0 Å². The zero-order valence-electron chi connectivity index (χ0n) is 14.5. The summed E-state index contributed by atoms with van der Waals surface area (Å²) in [5.74, 6) is 2.70. The lowest BCUT2D eigenvalue weighted by atomic mass is 10.2. The van der Waals surface area contributed by atoms with E-state index in [0.717, 1.165) is 30.3 Å². The van der Waals surface area contributed by atoms with Crippen LogP contribution in [0.1, 0.15) is 24.7 Å². The van der Waals surface area contributed by atoms with Crippen LogP contribution in [-0.4, -0.2) is 55.8 Å². The Bertz CT molecular complexity index is 846. The Balaban J connectivity index is 1.55. The number of morpholine rings is 1. The molecule has 0 saturated carbocycles. The van der Waals surface area contributed by atoms with Gasteiger partial charge in [-0.25, -0.2) is 9.97 Å². The van der Waals surface area contributed by atoms with Crippen LogP contribution in [0.15, 0.2) is 35.2 Å². The molecule has 1 aliphatic heterocycles. The summed E-state index contributed by atoms with van der Waals surface area (Å²) in [4.78, 5) is 15.4. The molecule has 1 saturated heterocycles. The van der Waals surface area contributed by atoms with E-state index >= 15 is 0 Å². The van der Waals surface area contributed by atoms with Gasteiger partial charge in [0.25, 0.3) is 5.89 Å². The van der Waals surface area contributed by atoms with Crippen LogP contribution >= 0.6 is 0 Å². The van der Waals surface area contributed by atoms with Crippen molar-refractivity contribution in [3.8, 4) is 17.2 Å². The van der Waals surface area contributed by atoms with Gasteiger partial charge in [0.2, 0.25) is 5.82 Å². The van der Waals surface area contributed by atoms with Crippen LogP contribution in [0, 0.1) is 6.92 Å². The first-order chi connectivity index (χ1) is 12.1. The van der Waals surface area contributed by atoms with Gasteiger partial charge in [-0.15, -0.1) is 0 Å². The van der Waals surface area contributed by atoms with Crippen molar-refractivity contribution in [2.75, 3.05) is 20.1 Å². The Morgan fingerprint density at radius 2 is 2.08 bits per heavy atom. The molecule has 1 fully saturated rings. The monoisotopic (exact) mass is 340 g/mol. The fourth-order valence-electron chi connectivity index (χ4n) is 3.06. The van der Waals surface area contributed by atoms with E-state index in [4.69, 9.17) is 9.26 Å². The van der Waals surface area contributed by atoms with Crippen molar-refractivity contribution < 1.29 is 9.26 Å². The van der Waals surface area contributed by atoms with Gasteiger partial charge in [-0.3, -0.25) is 4.57 Å². The highest BCUT2D eigenvalue weighted by molar-refractivity contribution is 5.53. The minimum absolute atomic E-state index is 0.137. The number of hydrogen-bond donors (Lipinski definition) is 0. The van der Waals surface area contributed by atoms with Crippen LogP contribution in [0.2, 0.25) is 0 Å². The Morgan fingerprint density at radius 3 is 2.76 bits per heavy atom. The van der Waals surface area contributed by atoms with Crippen LogP contribution in [0.25, 0.3) is 17.2 Å². The van der Waals surface area contributed by atoms with Gasteiger partial charge >= 0.3 is 0 Å². The van der Waals surface area contributed by atoms with Gasteiger partial charge in [-0.2, -0.15) is 4.98 Å². The van der Waals surface area contributed by atoms with Crippen LogP contribution < -0.4 is 0 Å². The highest BCUT2D eigenvalue weighted by Crippen LogP contribution is 2.25. The molecule has 0 N–H and O–H groups in total. The molecule has 25 heavy (non-hydrogen) atoms. The molecule has 2 atom stereocenters. The molecule has 3 aromatic heterocycles. The molecule has 8 heteroatoms. The summed E-state index contributed by atoms with van der Waals surface area (Å²) < 4.78 is 13.2. The lowest BCUT2D eigenvalue weighted by Gasteiger charge is -2.32. The normalized spacial score (nSPS) is 21.6. The molecule has 3 aromatic rings. The zero-order chi connectivity index (χ0) is 17.4. The quantitative estimate of drug-likeness (QED) is 0.721. The Hall–Kier alpha value is -2.58. The third-order valence-electron chi connectivity index (χ3n) is 4.24. The third kappa shape index (κ3) is 3.18. The summed E-state index contributed by atoms with van der Waals surface area (Å²) in [6, 6.07) is 3.83. The molecule has 4 heterocycles. The maximum atomic E-state index is 5.91. The summed E-state index contributed by atoms with van der Waals surface area (Å²) in [5.41, 5.74) is 0.800. The lowest BCUT2D eigenvalue weighted by molar-refractivity contribution is -0.0838. The van der Waals surface area contributed by atoms with Gasteiger partial charge in [0, 0.05) is 37.2 Å². The van der Waals surface area contributed by atoms with Crippen molar-refractivity contribution in [3.05, 3.63) is 42.4 Å². The number of likely N-dealkylation sites (N-methyl/N-ethyl adjacent to an activating group) is 1. The van der Waals surface area contributed by atoms with Gasteiger partial charge in [0.05, 0.1) is 6.10 Å². The van der Waals surface area contributed by atoms with E-state index in [2.05, 4.69) is 32.1 Å². The Morgan fingerprint density at radius 1 is 1.20 bits per heavy atom. The molecule has 0 amide bonds. The van der Waals surface area contributed by atoms with Crippen molar-refractivity contribution >= 4 is 0 Å². The van der Waals surface area contributed by atoms with E-state index in [1.54, 1.807) is 12.4 Å². The van der Waals surface area contributed by atoms with Gasteiger partial charge < -0.3 is 14.2 Å². The van der Waals surface area contributed by atoms with E-state index in [-0.39, 0.29) is 12.2 Å². The molecule has 4 rings (SSSR count). The largest absolute Gasteiger partial charge is 0.363 e. The fraction of sp³-hybridized carbons (Fsp3) is 0.412. The molecule has 1 aliphatic rings. The third-order valence-corrected chi connectivity index (χ3v) is 4.24. The smallest absolute Gasteiger partial charge is 0.257 e. The van der Waals surface area contributed by atoms with E-state index in [1.807, 2.05) is 36.7 Å². The van der Waals surface area contributed by atoms with Crippen LogP contribution in [0.4, 0.5) is 0 Å². The fourth-order valence-corrected chi connectivity index (χ4v) is 3.06. The van der Waals surface area contributed by atoms with E-state index in [1.165, 1.54) is 0 Å². The summed E-state index contributed by atoms with van der Waals surface area (Å²) in [6.45, 7) is 5.61. The Kier molecular flexibility index (Phi) is 4.06. The maximum absolute atomic E-state index is 5.91. The number of ether oxygens (including phenoxy) is 1. The van der Waals surface area contributed by atoms with Gasteiger partial charge in [0.15, 0.2) is 0 Å². The Labute approximate surface area is 145 Å². The molecular formula is C17H20N6O2. The molecule has 0 aliphatic carbocycles. The molecule has 0 spiro atoms. The molecular weight excluding hydrogens is 320 g/mol. The lowest BCUT2D eigenvalue weighted by Crippen LogP contribution is -2.40. The minimum Gasteiger partial charge on any atom is -0.363 e. The summed E-state index contributed by atoms with van der Waals surface area (Å²) in [5, 5.41) is 4.08. The number of hydrogen-bond acceptors (Lipinski definition) is 7. The van der Waals surface area contributed by atoms with Crippen molar-refractivity contribution in [2.24, 2.45) is 0 Å². The minimum atomic E-state index is -0.198. The first kappa shape index (κ1) is 15.9. The zero-order valence-corrected chi connectivity index (χ0v) is 14.5. The number of aromatic nitrogens is 5. The topological polar surface area (TPSA) is 82.1 Å². The van der Waals surface area contributed by atoms with E-state index in [0.29, 0.717) is 11.7 Å². The standard InChI is InChI=1S/C17H20N6O2/c1-11-9-22(3)10-14(24-11)17-20-16(21-25-17)13-4-5-15(19-8-13)23-7-6-18-12(23)2/h4-8,11,14H,9-10H2,1-3H3/t11-,14-/m1/s1. The van der Waals surface area contributed by atoms with Gasteiger partial charge in [-0.1, -0.05) is 5.16 Å². The number of nitrogens with zero attached hydrogens (tertiary/aromatic N) is 6. The molecule has 0 aromatic carbocycles. The predicted molar refractivity (Wildman–Crippen MR) is 90.2 cm³/mol. The molecule has 130 valence electrons. The predicted octanol–water partition coefficient (Wildman–Crippen LogP) is 2.02. The first-order valence-electron chi connectivity index (χ1n) is 8.24. The maximum Gasteiger partial charge on any atom is 0.257 e. The SMILES string of the molecule is Cc1nccn1-c1ccc(-c2noc([C@H]3CN(C)C[C@@H](C)O3)n2)cn1. The molecule has 8 nitrogen and oxygen atoms in total. The number of pyridine rings is 1. The van der Waals surface area contributed by atoms with E-state index < -0.39 is 0 Å². The van der Waals surface area contributed by atoms with Crippen molar-refractivity contribution in [1.82, 2.24) is 29.6 Å². The van der Waals surface area contributed by atoms with Crippen LogP contribution in [0.5, 0.6) is 0 Å². The molecule has 0 radical (unpaired) electrons. The number of rotatable bonds is 3. The van der Waals surface area contributed by atoms with Crippen molar-refractivity contribution in [3.63, 3.8) is 0 Å². The number of aryl methyl sites for hydroxylation is 1. The molecule has 0 bridgehead atoms. The summed E-state index contributed by atoms with van der Waals surface area (Å²) in [7, 11) is 2.06. The van der Waals surface area contributed by atoms with Crippen molar-refractivity contribution in [2.45, 2.75) is 26.1 Å². The summed E-state index contributed by atoms with van der Waals surface area (Å²) in [6.07, 6.45) is 5.30. The molecule has 0 unspecified atom stereocenters. The number of imidazole rings is 1. The average molecular weight is 340 g/mol. The van der Waals surface area contributed by atoms with Gasteiger partial charge in [0.1, 0.15) is 17.7 Å². The second-order valence-electron chi connectivity index (χ2n) is 6.36. The highest BCUT2D eigenvalue weighted by Gasteiger charge is 2.28. The second kappa shape index (κ2) is 6.38. The van der Waals surface area contributed by atoms with Crippen LogP contribution in [-0.2, 0) is 4.74 Å². The first-order valence-corrected chi connectivity index (χ1v) is 8.24. The van der Waals surface area contributed by atoms with E-state index in [9.17, 15) is 0 Å².